The Bertz CT molecular complexity index is 2070. The molecule has 3 fully saturated rings. The number of nitrogens with zero attached hydrogens (tertiary/aromatic N) is 2. The number of anilines is 1. The van der Waals surface area contributed by atoms with Crippen molar-refractivity contribution in [2.45, 2.75) is 47.5 Å². The zero-order valence-corrected chi connectivity index (χ0v) is 29.9. The number of halogens is 9. The van der Waals surface area contributed by atoms with Crippen LogP contribution in [0.5, 0.6) is 11.5 Å². The van der Waals surface area contributed by atoms with Gasteiger partial charge >= 0.3 is 12.4 Å². The minimum Gasteiger partial charge on any atom is -0.508 e. The molecule has 4 amide bonds. The Morgan fingerprint density at radius 3 is 2.08 bits per heavy atom. The number of allylic oxidation sites excluding steroid dienone is 2. The van der Waals surface area contributed by atoms with Crippen LogP contribution in [0.2, 0.25) is 0 Å². The number of ether oxygens (including phenoxy) is 1. The molecule has 0 radical (unpaired) electrons. The Balaban J connectivity index is 1.32. The Morgan fingerprint density at radius 2 is 1.49 bits per heavy atom. The number of imide groups is 2. The van der Waals surface area contributed by atoms with Gasteiger partial charge in [0.05, 0.1) is 34.1 Å². The molecule has 53 heavy (non-hydrogen) atoms. The standard InChI is InChI=1S/C36H25BrCl2F6N2O6/c37-16-46-31(51)33(38)14-25-22(28(34(33,39)32(46)52)23-7-6-21(13-26(23)48)53-15-17-4-2-1-3-5-17)8-9-24-27(25)30(50)47(29(24)49)20-11-18(35(40,41)42)10-19(12-20)36(43,44)45/h1-8,10-13,24-25,27-28,48H,9,14-16H2. The van der Waals surface area contributed by atoms with Gasteiger partial charge in [0.1, 0.15) is 18.1 Å². The van der Waals surface area contributed by atoms with Crippen LogP contribution in [0.15, 0.2) is 78.4 Å². The van der Waals surface area contributed by atoms with Crippen LogP contribution in [0.3, 0.4) is 0 Å². The number of aromatic hydroxyl groups is 1. The zero-order valence-electron chi connectivity index (χ0n) is 26.9. The number of rotatable bonds is 6. The lowest BCUT2D eigenvalue weighted by molar-refractivity contribution is -0.143. The van der Waals surface area contributed by atoms with Crippen LogP contribution in [0, 0.1) is 17.8 Å². The number of phenols is 1. The topological polar surface area (TPSA) is 104 Å². The largest absolute Gasteiger partial charge is 0.508 e. The summed E-state index contributed by atoms with van der Waals surface area (Å²) in [7, 11) is 0. The summed E-state index contributed by atoms with van der Waals surface area (Å²) >= 11 is 17.5. The quantitative estimate of drug-likeness (QED) is 0.0890. The summed E-state index contributed by atoms with van der Waals surface area (Å²) in [6.07, 6.45) is -9.74. The van der Waals surface area contributed by atoms with Gasteiger partial charge in [0, 0.05) is 17.5 Å². The Morgan fingerprint density at radius 1 is 0.849 bits per heavy atom. The average molecular weight is 846 g/mol. The van der Waals surface area contributed by atoms with E-state index >= 15 is 0 Å². The van der Waals surface area contributed by atoms with Gasteiger partial charge < -0.3 is 9.84 Å². The summed E-state index contributed by atoms with van der Waals surface area (Å²) in [5, 5.41) is 11.4. The van der Waals surface area contributed by atoms with Crippen molar-refractivity contribution in [2.75, 3.05) is 10.4 Å². The third-order valence-electron chi connectivity index (χ3n) is 10.4. The lowest BCUT2D eigenvalue weighted by Gasteiger charge is -2.50. The maximum Gasteiger partial charge on any atom is 0.416 e. The first-order valence-electron chi connectivity index (χ1n) is 16.0. The Labute approximate surface area is 315 Å². The molecule has 4 aliphatic rings. The minimum atomic E-state index is -5.25. The second-order valence-electron chi connectivity index (χ2n) is 13.3. The van der Waals surface area contributed by atoms with E-state index < -0.39 is 98.4 Å². The van der Waals surface area contributed by atoms with Crippen LogP contribution in [-0.4, -0.2) is 48.8 Å². The predicted molar refractivity (Wildman–Crippen MR) is 181 cm³/mol. The van der Waals surface area contributed by atoms with Crippen molar-refractivity contribution >= 4 is 68.4 Å². The van der Waals surface area contributed by atoms with Gasteiger partial charge in [-0.25, -0.2) is 4.90 Å². The molecule has 7 rings (SSSR count). The Hall–Kier alpha value is -4.08. The molecule has 1 N–H and O–H groups in total. The molecule has 0 spiro atoms. The summed E-state index contributed by atoms with van der Waals surface area (Å²) in [5.74, 6) is -9.48. The number of hydrogen-bond donors (Lipinski definition) is 1. The predicted octanol–water partition coefficient (Wildman–Crippen LogP) is 7.92. The van der Waals surface area contributed by atoms with Gasteiger partial charge in [-0.05, 0) is 48.6 Å². The average Bonchev–Trinajstić information content (AvgIpc) is 3.44. The number of carbonyl (C=O) groups excluding carboxylic acids is 4. The van der Waals surface area contributed by atoms with Crippen LogP contribution in [-0.2, 0) is 38.1 Å². The van der Waals surface area contributed by atoms with E-state index in [4.69, 9.17) is 27.9 Å². The first kappa shape index (κ1) is 37.2. The van der Waals surface area contributed by atoms with Crippen molar-refractivity contribution in [1.82, 2.24) is 4.90 Å². The van der Waals surface area contributed by atoms with E-state index in [1.807, 2.05) is 30.3 Å². The number of likely N-dealkylation sites (tertiary alicyclic amines) is 1. The van der Waals surface area contributed by atoms with E-state index in [1.54, 1.807) is 0 Å². The molecule has 2 aliphatic heterocycles. The molecule has 3 aromatic rings. The molecular formula is C36H25BrCl2F6N2O6. The maximum absolute atomic E-state index is 14.2. The van der Waals surface area contributed by atoms with Crippen molar-refractivity contribution in [1.29, 1.82) is 0 Å². The second-order valence-corrected chi connectivity index (χ2v) is 15.0. The number of alkyl halides is 9. The van der Waals surface area contributed by atoms with Gasteiger partial charge in [0.25, 0.3) is 11.8 Å². The monoisotopic (exact) mass is 844 g/mol. The summed E-state index contributed by atoms with van der Waals surface area (Å²) in [5.41, 5.74) is -3.61. The molecule has 6 unspecified atom stereocenters. The fourth-order valence-corrected chi connectivity index (χ4v) is 9.44. The molecule has 3 aromatic carbocycles. The maximum atomic E-state index is 14.2. The molecule has 2 aliphatic carbocycles. The van der Waals surface area contributed by atoms with E-state index in [9.17, 15) is 50.6 Å². The van der Waals surface area contributed by atoms with Gasteiger partial charge in [-0.3, -0.25) is 24.1 Å². The van der Waals surface area contributed by atoms with E-state index in [0.717, 1.165) is 10.5 Å². The number of hydrogen-bond acceptors (Lipinski definition) is 6. The third kappa shape index (κ3) is 5.72. The van der Waals surface area contributed by atoms with Crippen molar-refractivity contribution < 1.29 is 55.4 Å². The summed E-state index contributed by atoms with van der Waals surface area (Å²) < 4.78 is 88.4. The number of amides is 4. The van der Waals surface area contributed by atoms with Crippen LogP contribution >= 0.6 is 39.1 Å². The molecular weight excluding hydrogens is 821 g/mol. The van der Waals surface area contributed by atoms with Crippen LogP contribution in [0.25, 0.3) is 0 Å². The molecule has 2 heterocycles. The summed E-state index contributed by atoms with van der Waals surface area (Å²) in [6.45, 7) is 0.139. The second kappa shape index (κ2) is 12.8. The molecule has 0 bridgehead atoms. The van der Waals surface area contributed by atoms with Gasteiger partial charge in [-0.1, -0.05) is 64.0 Å². The highest BCUT2D eigenvalue weighted by Gasteiger charge is 2.76. The highest BCUT2D eigenvalue weighted by molar-refractivity contribution is 9.09. The Kier molecular flexibility index (Phi) is 8.97. The zero-order chi connectivity index (χ0) is 38.4. The van der Waals surface area contributed by atoms with Crippen molar-refractivity contribution in [3.63, 3.8) is 0 Å². The molecule has 17 heteroatoms. The molecule has 6 atom stereocenters. The number of phenolic OH excluding ortho intramolecular Hbond substituents is 1. The van der Waals surface area contributed by atoms with Crippen LogP contribution < -0.4 is 9.64 Å². The normalized spacial score (nSPS) is 28.5. The van der Waals surface area contributed by atoms with Crippen LogP contribution in [0.4, 0.5) is 32.0 Å². The van der Waals surface area contributed by atoms with Gasteiger partial charge in [-0.15, -0.1) is 23.2 Å². The summed E-state index contributed by atoms with van der Waals surface area (Å²) in [4.78, 5) is 52.4. The lowest BCUT2D eigenvalue weighted by Crippen LogP contribution is -2.60. The SMILES string of the molecule is O=C1C2CC=C3C(CC4(Cl)C(=O)N(CBr)C(=O)C4(Cl)C3c3ccc(OCc4ccccc4)cc3O)C2C(=O)N1c1cc(C(F)(F)F)cc(C(F)(F)F)c1. The minimum absolute atomic E-state index is 0.0189. The van der Waals surface area contributed by atoms with Crippen molar-refractivity contribution in [2.24, 2.45) is 17.8 Å². The highest BCUT2D eigenvalue weighted by Crippen LogP contribution is 2.66. The van der Waals surface area contributed by atoms with E-state index in [2.05, 4.69) is 15.9 Å². The van der Waals surface area contributed by atoms with Gasteiger partial charge in [-0.2, -0.15) is 26.3 Å². The van der Waals surface area contributed by atoms with Crippen LogP contribution in [0.1, 0.15) is 41.0 Å². The third-order valence-corrected chi connectivity index (χ3v) is 12.3. The first-order chi connectivity index (χ1) is 24.8. The molecule has 278 valence electrons. The molecule has 8 nitrogen and oxygen atoms in total. The summed E-state index contributed by atoms with van der Waals surface area (Å²) in [6, 6.07) is 13.8. The number of fused-ring (bicyclic) bond motifs is 4. The van der Waals surface area contributed by atoms with Gasteiger partial charge in [0.15, 0.2) is 9.75 Å². The van der Waals surface area contributed by atoms with E-state index in [-0.39, 0.29) is 41.4 Å². The molecule has 1 saturated carbocycles. The van der Waals surface area contributed by atoms with Crippen molar-refractivity contribution in [3.05, 3.63) is 101 Å². The van der Waals surface area contributed by atoms with E-state index in [0.29, 0.717) is 17.0 Å². The first-order valence-corrected chi connectivity index (χ1v) is 17.9. The number of carbonyl (C=O) groups is 4. The lowest BCUT2D eigenvalue weighted by atomic mass is 9.56. The fourth-order valence-electron chi connectivity index (χ4n) is 8.02. The highest BCUT2D eigenvalue weighted by atomic mass is 79.9. The van der Waals surface area contributed by atoms with E-state index in [1.165, 1.54) is 24.3 Å². The number of benzene rings is 3. The smallest absolute Gasteiger partial charge is 0.416 e. The van der Waals surface area contributed by atoms with Crippen molar-refractivity contribution in [3.8, 4) is 11.5 Å². The molecule has 0 aromatic heterocycles. The fraction of sp³-hybridized carbons (Fsp3) is 0.333. The molecule has 2 saturated heterocycles. The van der Waals surface area contributed by atoms with Gasteiger partial charge in [0.2, 0.25) is 11.8 Å².